The minimum absolute atomic E-state index is 0.145. The van der Waals surface area contributed by atoms with Crippen molar-refractivity contribution in [1.82, 2.24) is 5.32 Å². The number of hydrogen-bond donors (Lipinski definition) is 1. The molecule has 1 aliphatic heterocycles. The van der Waals surface area contributed by atoms with E-state index < -0.39 is 0 Å². The number of benzene rings is 1. The summed E-state index contributed by atoms with van der Waals surface area (Å²) in [4.78, 5) is 13.5. The van der Waals surface area contributed by atoms with Crippen molar-refractivity contribution in [2.24, 2.45) is 0 Å². The fraction of sp³-hybridized carbons (Fsp3) is 0.500. The molecule has 0 unspecified atom stereocenters. The summed E-state index contributed by atoms with van der Waals surface area (Å²) in [6.45, 7) is 4.81. The van der Waals surface area contributed by atoms with Gasteiger partial charge in [0.1, 0.15) is 0 Å². The number of amides is 1. The average Bonchev–Trinajstić information content (AvgIpc) is 2.78. The van der Waals surface area contributed by atoms with Crippen LogP contribution in [0.15, 0.2) is 24.3 Å². The number of nitrogens with zero attached hydrogens (tertiary/aromatic N) is 1. The molecule has 2 rings (SSSR count). The summed E-state index contributed by atoms with van der Waals surface area (Å²) >= 11 is 0. The Labute approximate surface area is 103 Å². The average molecular weight is 232 g/mol. The lowest BCUT2D eigenvalue weighted by Gasteiger charge is -2.19. The summed E-state index contributed by atoms with van der Waals surface area (Å²) in [5.74, 6) is 0.145. The fourth-order valence-corrected chi connectivity index (χ4v) is 2.26. The second-order valence-electron chi connectivity index (χ2n) is 4.42. The lowest BCUT2D eigenvalue weighted by molar-refractivity contribution is -0.120. The maximum Gasteiger partial charge on any atom is 0.219 e. The summed E-state index contributed by atoms with van der Waals surface area (Å²) in [5.41, 5.74) is 2.82. The number of carbonyl (C=O) groups excluding carboxylic acids is 1. The zero-order valence-electron chi connectivity index (χ0n) is 10.4. The highest BCUT2D eigenvalue weighted by Gasteiger charge is 2.17. The third-order valence-corrected chi connectivity index (χ3v) is 3.23. The van der Waals surface area contributed by atoms with Gasteiger partial charge in [0.05, 0.1) is 0 Å². The van der Waals surface area contributed by atoms with Crippen LogP contribution in [0.25, 0.3) is 0 Å². The maximum absolute atomic E-state index is 11.1. The quantitative estimate of drug-likeness (QED) is 0.787. The molecule has 0 atom stereocenters. The number of anilines is 1. The molecule has 0 aliphatic carbocycles. The Morgan fingerprint density at radius 3 is 3.06 bits per heavy atom. The molecule has 0 bridgehead atoms. The smallest absolute Gasteiger partial charge is 0.219 e. The van der Waals surface area contributed by atoms with Crippen LogP contribution in [0.3, 0.4) is 0 Å². The van der Waals surface area contributed by atoms with Crippen molar-refractivity contribution in [1.29, 1.82) is 0 Å². The van der Waals surface area contributed by atoms with Crippen LogP contribution < -0.4 is 10.2 Å². The largest absolute Gasteiger partial charge is 0.371 e. The van der Waals surface area contributed by atoms with E-state index in [2.05, 4.69) is 34.5 Å². The zero-order valence-corrected chi connectivity index (χ0v) is 10.4. The van der Waals surface area contributed by atoms with Gasteiger partial charge in [-0.15, -0.1) is 0 Å². The highest BCUT2D eigenvalue weighted by molar-refractivity contribution is 5.75. The van der Waals surface area contributed by atoms with Gasteiger partial charge >= 0.3 is 0 Å². The molecule has 0 saturated heterocycles. The lowest BCUT2D eigenvalue weighted by atomic mass is 10.2. The van der Waals surface area contributed by atoms with Crippen LogP contribution >= 0.6 is 0 Å². The molecule has 1 aromatic carbocycles. The van der Waals surface area contributed by atoms with Gasteiger partial charge in [0, 0.05) is 31.7 Å². The second kappa shape index (κ2) is 5.71. The third-order valence-electron chi connectivity index (χ3n) is 3.23. The van der Waals surface area contributed by atoms with Gasteiger partial charge in [0.2, 0.25) is 5.91 Å². The fourth-order valence-electron chi connectivity index (χ4n) is 2.26. The minimum Gasteiger partial charge on any atom is -0.371 e. The predicted molar refractivity (Wildman–Crippen MR) is 70.3 cm³/mol. The second-order valence-corrected chi connectivity index (χ2v) is 4.42. The first-order valence-electron chi connectivity index (χ1n) is 6.41. The molecule has 1 aliphatic rings. The van der Waals surface area contributed by atoms with Crippen molar-refractivity contribution in [3.05, 3.63) is 29.8 Å². The Morgan fingerprint density at radius 1 is 1.41 bits per heavy atom. The minimum atomic E-state index is 0.145. The highest BCUT2D eigenvalue weighted by Crippen LogP contribution is 2.26. The maximum atomic E-state index is 11.1. The van der Waals surface area contributed by atoms with Crippen molar-refractivity contribution in [2.45, 2.75) is 26.2 Å². The van der Waals surface area contributed by atoms with E-state index in [0.29, 0.717) is 6.42 Å². The van der Waals surface area contributed by atoms with Gasteiger partial charge in [-0.3, -0.25) is 4.79 Å². The van der Waals surface area contributed by atoms with E-state index in [-0.39, 0.29) is 5.91 Å². The van der Waals surface area contributed by atoms with Crippen molar-refractivity contribution in [3.8, 4) is 0 Å². The molecule has 0 saturated carbocycles. The molecule has 3 heteroatoms. The Kier molecular flexibility index (Phi) is 4.02. The van der Waals surface area contributed by atoms with Crippen LogP contribution in [0.1, 0.15) is 25.3 Å². The van der Waals surface area contributed by atoms with Crippen molar-refractivity contribution >= 4 is 11.6 Å². The molecule has 92 valence electrons. The molecule has 1 aromatic rings. The predicted octanol–water partition coefficient (Wildman–Crippen LogP) is 1.97. The lowest BCUT2D eigenvalue weighted by Crippen LogP contribution is -2.28. The topological polar surface area (TPSA) is 32.3 Å². The van der Waals surface area contributed by atoms with Gasteiger partial charge in [-0.2, -0.15) is 0 Å². The van der Waals surface area contributed by atoms with E-state index in [4.69, 9.17) is 0 Å². The number of fused-ring (bicyclic) bond motifs is 1. The Morgan fingerprint density at radius 2 is 2.24 bits per heavy atom. The zero-order chi connectivity index (χ0) is 12.1. The summed E-state index contributed by atoms with van der Waals surface area (Å²) < 4.78 is 0. The standard InChI is InChI=1S/C14H20N2O/c1-2-14(17)15-9-5-10-16-11-8-12-6-3-4-7-13(12)16/h3-4,6-7H,2,5,8-11H2,1H3,(H,15,17). The monoisotopic (exact) mass is 232 g/mol. The van der Waals surface area contributed by atoms with Crippen LogP contribution in [0.2, 0.25) is 0 Å². The number of para-hydroxylation sites is 1. The number of hydrogen-bond acceptors (Lipinski definition) is 2. The van der Waals surface area contributed by atoms with Gasteiger partial charge in [0.15, 0.2) is 0 Å². The van der Waals surface area contributed by atoms with Crippen LogP contribution in [0.4, 0.5) is 5.69 Å². The van der Waals surface area contributed by atoms with Gasteiger partial charge in [-0.25, -0.2) is 0 Å². The third kappa shape index (κ3) is 2.99. The van der Waals surface area contributed by atoms with Crippen molar-refractivity contribution < 1.29 is 4.79 Å². The molecule has 1 heterocycles. The molecular weight excluding hydrogens is 212 g/mol. The summed E-state index contributed by atoms with van der Waals surface area (Å²) in [7, 11) is 0. The first-order chi connectivity index (χ1) is 8.31. The molecular formula is C14H20N2O. The van der Waals surface area contributed by atoms with E-state index in [9.17, 15) is 4.79 Å². The van der Waals surface area contributed by atoms with E-state index in [1.54, 1.807) is 0 Å². The van der Waals surface area contributed by atoms with Crippen LogP contribution in [-0.2, 0) is 11.2 Å². The van der Waals surface area contributed by atoms with E-state index in [1.165, 1.54) is 11.3 Å². The number of rotatable bonds is 5. The Hall–Kier alpha value is -1.51. The van der Waals surface area contributed by atoms with Gasteiger partial charge in [-0.05, 0) is 24.5 Å². The SMILES string of the molecule is CCC(=O)NCCCN1CCc2ccccc21. The van der Waals surface area contributed by atoms with Crippen LogP contribution in [0.5, 0.6) is 0 Å². The molecule has 3 nitrogen and oxygen atoms in total. The molecule has 1 amide bonds. The molecule has 0 aromatic heterocycles. The first-order valence-corrected chi connectivity index (χ1v) is 6.41. The van der Waals surface area contributed by atoms with Gasteiger partial charge in [0.25, 0.3) is 0 Å². The molecule has 17 heavy (non-hydrogen) atoms. The van der Waals surface area contributed by atoms with Crippen molar-refractivity contribution in [3.63, 3.8) is 0 Å². The van der Waals surface area contributed by atoms with Crippen LogP contribution in [-0.4, -0.2) is 25.5 Å². The normalized spacial score (nSPS) is 13.6. The van der Waals surface area contributed by atoms with Crippen LogP contribution in [0, 0.1) is 0 Å². The Balaban J connectivity index is 1.76. The van der Waals surface area contributed by atoms with Gasteiger partial charge in [-0.1, -0.05) is 25.1 Å². The summed E-state index contributed by atoms with van der Waals surface area (Å²) in [5, 5.41) is 2.91. The van der Waals surface area contributed by atoms with Crippen molar-refractivity contribution in [2.75, 3.05) is 24.5 Å². The highest BCUT2D eigenvalue weighted by atomic mass is 16.1. The number of carbonyl (C=O) groups is 1. The Bertz CT molecular complexity index is 390. The molecule has 1 N–H and O–H groups in total. The number of nitrogens with one attached hydrogen (secondary N) is 1. The molecule has 0 spiro atoms. The van der Waals surface area contributed by atoms with E-state index >= 15 is 0 Å². The molecule has 0 fully saturated rings. The van der Waals surface area contributed by atoms with Gasteiger partial charge < -0.3 is 10.2 Å². The first kappa shape index (κ1) is 12.0. The summed E-state index contributed by atoms with van der Waals surface area (Å²) in [6, 6.07) is 8.58. The molecule has 0 radical (unpaired) electrons. The van der Waals surface area contributed by atoms with E-state index in [0.717, 1.165) is 32.5 Å². The summed E-state index contributed by atoms with van der Waals surface area (Å²) in [6.07, 6.45) is 2.74. The van der Waals surface area contributed by atoms with E-state index in [1.807, 2.05) is 6.92 Å².